The highest BCUT2D eigenvalue weighted by Gasteiger charge is 2.60. The van der Waals surface area contributed by atoms with Crippen molar-refractivity contribution in [3.63, 3.8) is 0 Å². The molecule has 0 saturated carbocycles. The van der Waals surface area contributed by atoms with Crippen LogP contribution in [0.25, 0.3) is 10.9 Å². The molecule has 0 bridgehead atoms. The molecule has 3 amide bonds. The summed E-state index contributed by atoms with van der Waals surface area (Å²) in [5, 5.41) is 11.8. The Morgan fingerprint density at radius 1 is 1.17 bits per heavy atom. The van der Waals surface area contributed by atoms with Crippen molar-refractivity contribution >= 4 is 34.4 Å². The van der Waals surface area contributed by atoms with Crippen molar-refractivity contribution in [2.24, 2.45) is 0 Å². The van der Waals surface area contributed by atoms with E-state index in [2.05, 4.69) is 23.7 Å². The average Bonchev–Trinajstić information content (AvgIpc) is 3.27. The Labute approximate surface area is 210 Å². The molecule has 0 aliphatic carbocycles. The maximum Gasteiger partial charge on any atom is 0.328 e. The predicted molar refractivity (Wildman–Crippen MR) is 137 cm³/mol. The van der Waals surface area contributed by atoms with E-state index in [1.165, 1.54) is 4.90 Å². The van der Waals surface area contributed by atoms with Crippen LogP contribution < -0.4 is 0 Å². The average molecular weight is 495 g/mol. The van der Waals surface area contributed by atoms with Gasteiger partial charge in [-0.25, -0.2) is 4.79 Å². The SMILES string of the molecule is CCN(CC)CCCN1C(=O)N2[C@H](c3cccc(O)c3)c3[nH]c4ccc(Cl)cc4c3C[C@@]2(C)C1=O. The fourth-order valence-electron chi connectivity index (χ4n) is 5.72. The zero-order valence-electron chi connectivity index (χ0n) is 20.3. The number of carbonyl (C=O) groups excluding carboxylic acids is 2. The van der Waals surface area contributed by atoms with Crippen LogP contribution in [0, 0.1) is 0 Å². The summed E-state index contributed by atoms with van der Waals surface area (Å²) < 4.78 is 0. The number of nitrogens with one attached hydrogen (secondary N) is 1. The molecular formula is C27H31ClN4O3. The summed E-state index contributed by atoms with van der Waals surface area (Å²) in [5.41, 5.74) is 2.47. The van der Waals surface area contributed by atoms with Gasteiger partial charge in [0, 0.05) is 34.6 Å². The van der Waals surface area contributed by atoms with Crippen LogP contribution in [0.5, 0.6) is 5.75 Å². The molecule has 2 atom stereocenters. The third-order valence-corrected chi connectivity index (χ3v) is 7.80. The third kappa shape index (κ3) is 3.78. The molecule has 0 unspecified atom stereocenters. The summed E-state index contributed by atoms with van der Waals surface area (Å²) >= 11 is 6.33. The number of urea groups is 1. The van der Waals surface area contributed by atoms with Crippen LogP contribution in [0.1, 0.15) is 50.1 Å². The largest absolute Gasteiger partial charge is 0.508 e. The minimum absolute atomic E-state index is 0.115. The Bertz CT molecular complexity index is 1300. The fraction of sp³-hybridized carbons (Fsp3) is 0.407. The topological polar surface area (TPSA) is 79.9 Å². The Hall–Kier alpha value is -3.03. The highest BCUT2D eigenvalue weighted by molar-refractivity contribution is 6.31. The summed E-state index contributed by atoms with van der Waals surface area (Å²) in [4.78, 5) is 36.6. The Morgan fingerprint density at radius 2 is 1.94 bits per heavy atom. The molecule has 2 aliphatic heterocycles. The number of benzene rings is 2. The normalized spacial score (nSPS) is 21.8. The summed E-state index contributed by atoms with van der Waals surface area (Å²) in [6.45, 7) is 9.17. The highest BCUT2D eigenvalue weighted by atomic mass is 35.5. The number of rotatable bonds is 7. The Morgan fingerprint density at radius 3 is 2.66 bits per heavy atom. The van der Waals surface area contributed by atoms with Gasteiger partial charge in [0.2, 0.25) is 0 Å². The van der Waals surface area contributed by atoms with E-state index < -0.39 is 11.6 Å². The van der Waals surface area contributed by atoms with Crippen molar-refractivity contribution in [1.29, 1.82) is 0 Å². The number of aromatic hydroxyl groups is 1. The molecule has 2 aromatic carbocycles. The van der Waals surface area contributed by atoms with Crippen LogP contribution >= 0.6 is 11.6 Å². The van der Waals surface area contributed by atoms with Crippen LogP contribution in [0.4, 0.5) is 4.79 Å². The first kappa shape index (κ1) is 23.7. The number of hydrogen-bond acceptors (Lipinski definition) is 4. The van der Waals surface area contributed by atoms with Gasteiger partial charge in [-0.15, -0.1) is 0 Å². The second-order valence-electron chi connectivity index (χ2n) is 9.65. The van der Waals surface area contributed by atoms with Gasteiger partial charge < -0.3 is 15.0 Å². The van der Waals surface area contributed by atoms with Crippen LogP contribution in [-0.4, -0.2) is 68.4 Å². The number of hydrogen-bond donors (Lipinski definition) is 2. The van der Waals surface area contributed by atoms with E-state index in [9.17, 15) is 14.7 Å². The molecule has 0 radical (unpaired) electrons. The van der Waals surface area contributed by atoms with Crippen molar-refractivity contribution in [3.8, 4) is 5.75 Å². The summed E-state index contributed by atoms with van der Waals surface area (Å²) in [6, 6.07) is 11.8. The maximum atomic E-state index is 13.8. The van der Waals surface area contributed by atoms with Crippen molar-refractivity contribution in [3.05, 3.63) is 64.3 Å². The van der Waals surface area contributed by atoms with Gasteiger partial charge in [0.1, 0.15) is 17.3 Å². The highest BCUT2D eigenvalue weighted by Crippen LogP contribution is 2.49. The molecule has 2 N–H and O–H groups in total. The zero-order chi connectivity index (χ0) is 24.9. The molecule has 0 spiro atoms. The number of phenolic OH excluding ortho intramolecular Hbond substituents is 1. The molecular weight excluding hydrogens is 464 g/mol. The number of phenols is 1. The smallest absolute Gasteiger partial charge is 0.328 e. The number of aromatic amines is 1. The molecule has 3 aromatic rings. The molecule has 1 aromatic heterocycles. The van der Waals surface area contributed by atoms with E-state index in [4.69, 9.17) is 11.6 Å². The predicted octanol–water partition coefficient (Wildman–Crippen LogP) is 4.93. The minimum Gasteiger partial charge on any atom is -0.508 e. The van der Waals surface area contributed by atoms with Crippen LogP contribution in [0.2, 0.25) is 5.02 Å². The van der Waals surface area contributed by atoms with E-state index in [0.717, 1.165) is 53.8 Å². The summed E-state index contributed by atoms with van der Waals surface area (Å²) in [5.74, 6) is -0.0567. The lowest BCUT2D eigenvalue weighted by Crippen LogP contribution is -2.53. The monoisotopic (exact) mass is 494 g/mol. The standard InChI is InChI=1S/C27H31ClN4O3/c1-4-30(5-2)12-7-13-31-25(34)27(3)16-21-20-15-18(28)10-11-22(20)29-23(21)24(32(27)26(31)35)17-8-6-9-19(33)14-17/h6,8-11,14-15,24,29,33H,4-5,7,12-13,16H2,1-3H3/t24-,27+/m1/s1. The van der Waals surface area contributed by atoms with Crippen molar-refractivity contribution in [2.75, 3.05) is 26.2 Å². The van der Waals surface area contributed by atoms with Gasteiger partial charge in [0.15, 0.2) is 0 Å². The van der Waals surface area contributed by atoms with Crippen LogP contribution in [0.15, 0.2) is 42.5 Å². The van der Waals surface area contributed by atoms with Gasteiger partial charge in [0.25, 0.3) is 5.91 Å². The molecule has 184 valence electrons. The number of aromatic nitrogens is 1. The van der Waals surface area contributed by atoms with Crippen LogP contribution in [0.3, 0.4) is 0 Å². The van der Waals surface area contributed by atoms with Gasteiger partial charge in [-0.2, -0.15) is 0 Å². The lowest BCUT2D eigenvalue weighted by Gasteiger charge is -2.42. The molecule has 7 nitrogen and oxygen atoms in total. The number of carbonyl (C=O) groups is 2. The van der Waals surface area contributed by atoms with E-state index in [1.54, 1.807) is 23.1 Å². The lowest BCUT2D eigenvalue weighted by atomic mass is 9.81. The van der Waals surface area contributed by atoms with Crippen molar-refractivity contribution < 1.29 is 14.7 Å². The number of nitrogens with zero attached hydrogens (tertiary/aromatic N) is 3. The van der Waals surface area contributed by atoms with Gasteiger partial charge in [-0.1, -0.05) is 37.6 Å². The quantitative estimate of drug-likeness (QED) is 0.456. The van der Waals surface area contributed by atoms with Crippen LogP contribution in [-0.2, 0) is 11.2 Å². The number of fused-ring (bicyclic) bond motifs is 4. The Balaban J connectivity index is 1.59. The van der Waals surface area contributed by atoms with E-state index >= 15 is 0 Å². The summed E-state index contributed by atoms with van der Waals surface area (Å²) in [7, 11) is 0. The zero-order valence-corrected chi connectivity index (χ0v) is 21.1. The van der Waals surface area contributed by atoms with E-state index in [-0.39, 0.29) is 17.7 Å². The fourth-order valence-corrected chi connectivity index (χ4v) is 5.89. The first-order valence-corrected chi connectivity index (χ1v) is 12.6. The number of halogens is 1. The van der Waals surface area contributed by atoms with Crippen molar-refractivity contribution in [1.82, 2.24) is 19.7 Å². The van der Waals surface area contributed by atoms with E-state index in [0.29, 0.717) is 18.0 Å². The molecule has 3 heterocycles. The second kappa shape index (κ2) is 8.88. The third-order valence-electron chi connectivity index (χ3n) is 7.56. The maximum absolute atomic E-state index is 13.8. The first-order chi connectivity index (χ1) is 16.8. The van der Waals surface area contributed by atoms with Gasteiger partial charge >= 0.3 is 6.03 Å². The van der Waals surface area contributed by atoms with Gasteiger partial charge in [-0.3, -0.25) is 14.6 Å². The molecule has 2 aliphatic rings. The number of H-pyrrole nitrogens is 1. The molecule has 8 heteroatoms. The first-order valence-electron chi connectivity index (χ1n) is 12.2. The molecule has 1 fully saturated rings. The Kier molecular flexibility index (Phi) is 6.01. The number of imide groups is 1. The molecule has 35 heavy (non-hydrogen) atoms. The number of amides is 3. The summed E-state index contributed by atoms with van der Waals surface area (Å²) in [6.07, 6.45) is 1.12. The van der Waals surface area contributed by atoms with Gasteiger partial charge in [0.05, 0.1) is 0 Å². The minimum atomic E-state index is -1.03. The van der Waals surface area contributed by atoms with Gasteiger partial charge in [-0.05, 0) is 74.4 Å². The molecule has 5 rings (SSSR count). The van der Waals surface area contributed by atoms with Crippen molar-refractivity contribution in [2.45, 2.75) is 45.2 Å². The second-order valence-corrected chi connectivity index (χ2v) is 10.1. The molecule has 1 saturated heterocycles. The van der Waals surface area contributed by atoms with E-state index in [1.807, 2.05) is 31.2 Å². The lowest BCUT2D eigenvalue weighted by molar-refractivity contribution is -0.133.